The lowest BCUT2D eigenvalue weighted by atomic mass is 10.1. The maximum absolute atomic E-state index is 14.8. The molecule has 4 aliphatic rings. The number of allylic oxidation sites excluding steroid dienone is 1. The van der Waals surface area contributed by atoms with Gasteiger partial charge >= 0.3 is 6.09 Å². The predicted octanol–water partition coefficient (Wildman–Crippen LogP) is 4.74. The number of benzene rings is 2. The van der Waals surface area contributed by atoms with Crippen molar-refractivity contribution in [1.29, 1.82) is 0 Å². The molecule has 4 amide bonds. The van der Waals surface area contributed by atoms with Crippen LogP contribution in [-0.4, -0.2) is 84.2 Å². The minimum atomic E-state index is -3.92. The molecule has 0 radical (unpaired) electrons. The third-order valence-electron chi connectivity index (χ3n) is 10.9. The number of hydrogen-bond donors (Lipinski definition) is 3. The van der Waals surface area contributed by atoms with E-state index in [1.165, 1.54) is 23.1 Å². The van der Waals surface area contributed by atoms with Gasteiger partial charge in [0.2, 0.25) is 21.8 Å². The number of nitrogens with zero attached hydrogens (tertiary/aromatic N) is 2. The summed E-state index contributed by atoms with van der Waals surface area (Å²) >= 11 is 0. The summed E-state index contributed by atoms with van der Waals surface area (Å²) in [6.45, 7) is 1.62. The van der Waals surface area contributed by atoms with Crippen LogP contribution in [0.4, 0.5) is 9.18 Å². The Bertz CT molecular complexity index is 2340. The number of nitrogens with one attached hydrogen (secondary N) is 3. The number of amides is 4. The van der Waals surface area contributed by atoms with Gasteiger partial charge in [0, 0.05) is 23.1 Å². The molecule has 2 saturated carbocycles. The number of pyridine rings is 1. The molecule has 2 aliphatic carbocycles. The van der Waals surface area contributed by atoms with Crippen molar-refractivity contribution in [2.24, 2.45) is 5.92 Å². The Morgan fingerprint density at radius 1 is 1.09 bits per heavy atom. The van der Waals surface area contributed by atoms with Gasteiger partial charge in [0.1, 0.15) is 40.6 Å². The average Bonchev–Trinajstić information content (AvgIpc) is 4.05. The van der Waals surface area contributed by atoms with Gasteiger partial charge in [-0.2, -0.15) is 0 Å². The maximum Gasteiger partial charge on any atom is 0.407 e. The summed E-state index contributed by atoms with van der Waals surface area (Å²) < 4.78 is 60.6. The molecule has 4 heterocycles. The Kier molecular flexibility index (Phi) is 9.64. The summed E-state index contributed by atoms with van der Waals surface area (Å²) in [4.78, 5) is 61.4. The first-order valence-electron chi connectivity index (χ1n) is 18.8. The van der Waals surface area contributed by atoms with Crippen LogP contribution < -0.4 is 20.1 Å². The van der Waals surface area contributed by atoms with Gasteiger partial charge in [-0.3, -0.25) is 19.1 Å². The molecular weight excluding hydrogens is 734 g/mol. The van der Waals surface area contributed by atoms with Crippen molar-refractivity contribution in [1.82, 2.24) is 25.2 Å². The average molecular weight is 776 g/mol. The van der Waals surface area contributed by atoms with Gasteiger partial charge in [0.05, 0.1) is 23.9 Å². The lowest BCUT2D eigenvalue weighted by Crippen LogP contribution is -2.58. The largest absolute Gasteiger partial charge is 0.484 e. The molecule has 14 nitrogen and oxygen atoms in total. The van der Waals surface area contributed by atoms with Crippen molar-refractivity contribution >= 4 is 66.8 Å². The summed E-state index contributed by atoms with van der Waals surface area (Å²) in [5.74, 6) is -2.86. The molecule has 5 atom stereocenters. The first-order chi connectivity index (χ1) is 26.5. The highest BCUT2D eigenvalue weighted by Gasteiger charge is 2.62. The molecule has 2 aromatic carbocycles. The topological polar surface area (TPSA) is 186 Å². The van der Waals surface area contributed by atoms with Crippen molar-refractivity contribution in [3.63, 3.8) is 0 Å². The number of carbonyl (C=O) groups is 4. The quantitative estimate of drug-likeness (QED) is 0.222. The number of carbonyl (C=O) groups excluding carboxylic acids is 4. The second-order valence-electron chi connectivity index (χ2n) is 14.8. The van der Waals surface area contributed by atoms with E-state index >= 15 is 0 Å². The van der Waals surface area contributed by atoms with Gasteiger partial charge in [-0.25, -0.2) is 22.6 Å². The summed E-state index contributed by atoms with van der Waals surface area (Å²) in [6.07, 6.45) is 6.21. The van der Waals surface area contributed by atoms with Crippen molar-refractivity contribution in [2.45, 2.75) is 93.7 Å². The number of sulfonamides is 1. The third-order valence-corrected chi connectivity index (χ3v) is 12.7. The highest BCUT2D eigenvalue weighted by Crippen LogP contribution is 2.46. The molecule has 16 heteroatoms. The minimum absolute atomic E-state index is 0.0524. The van der Waals surface area contributed by atoms with Crippen LogP contribution in [0.5, 0.6) is 5.75 Å². The molecule has 55 heavy (non-hydrogen) atoms. The Balaban J connectivity index is 1.16. The van der Waals surface area contributed by atoms with Crippen molar-refractivity contribution in [3.8, 4) is 5.75 Å². The third kappa shape index (κ3) is 7.19. The maximum atomic E-state index is 14.8. The summed E-state index contributed by atoms with van der Waals surface area (Å²) in [5, 5.41) is 5.91. The van der Waals surface area contributed by atoms with Crippen LogP contribution in [0.3, 0.4) is 0 Å². The van der Waals surface area contributed by atoms with Crippen LogP contribution in [0.1, 0.15) is 64.7 Å². The Hall–Kier alpha value is -5.25. The molecule has 4 aromatic rings. The van der Waals surface area contributed by atoms with E-state index in [9.17, 15) is 32.0 Å². The van der Waals surface area contributed by atoms with E-state index in [4.69, 9.17) is 18.9 Å². The standard InChI is InChI=1S/C39H42FN5O9S/c1-2-52-38(49)42-29-12-7-5-3-4-6-10-22-20-39(22,37(48)44-55(50,51)25-15-16-25)43-35(46)30-19-24(21-45(30)36(29)47)53-33-27-18-23(40)14-17-28(27)41-32-26-11-8-9-13-31(26)54-34(32)33/h6,8-11,13-14,17-18,22,24-25,29-30H,2-5,7,12,15-16,19-21H2,1H3,(H,42,49)(H,43,46)(H,44,48)/b10-6-/t22-,24+,29-,30-,39+/m0/s1. The van der Waals surface area contributed by atoms with E-state index in [2.05, 4.69) is 15.4 Å². The van der Waals surface area contributed by atoms with Gasteiger partial charge in [-0.05, 0) is 75.8 Å². The van der Waals surface area contributed by atoms with E-state index in [1.807, 2.05) is 30.4 Å². The molecule has 0 spiro atoms. The van der Waals surface area contributed by atoms with E-state index < -0.39 is 74.5 Å². The van der Waals surface area contributed by atoms with E-state index in [0.29, 0.717) is 47.7 Å². The highest BCUT2D eigenvalue weighted by atomic mass is 32.2. The fourth-order valence-corrected chi connectivity index (χ4v) is 9.14. The van der Waals surface area contributed by atoms with Gasteiger partial charge in [0.25, 0.3) is 5.91 Å². The van der Waals surface area contributed by atoms with E-state index in [0.717, 1.165) is 18.2 Å². The molecule has 0 unspecified atom stereocenters. The van der Waals surface area contributed by atoms with Gasteiger partial charge < -0.3 is 29.4 Å². The first-order valence-corrected chi connectivity index (χ1v) is 20.4. The molecule has 3 fully saturated rings. The molecular formula is C39H42FN5O9S. The van der Waals surface area contributed by atoms with E-state index in [1.54, 1.807) is 13.0 Å². The number of hydrogen-bond acceptors (Lipinski definition) is 10. The fourth-order valence-electron chi connectivity index (χ4n) is 7.77. The Labute approximate surface area is 316 Å². The van der Waals surface area contributed by atoms with Crippen LogP contribution >= 0.6 is 0 Å². The molecule has 0 bridgehead atoms. The number of aromatic nitrogens is 1. The predicted molar refractivity (Wildman–Crippen MR) is 199 cm³/mol. The van der Waals surface area contributed by atoms with E-state index in [-0.39, 0.29) is 43.7 Å². The van der Waals surface area contributed by atoms with Crippen LogP contribution in [0.25, 0.3) is 33.0 Å². The zero-order valence-electron chi connectivity index (χ0n) is 30.2. The van der Waals surface area contributed by atoms with Gasteiger partial charge in [0.15, 0.2) is 11.3 Å². The minimum Gasteiger partial charge on any atom is -0.484 e. The van der Waals surface area contributed by atoms with Gasteiger partial charge in [-0.1, -0.05) is 37.1 Å². The molecule has 290 valence electrons. The zero-order valence-corrected chi connectivity index (χ0v) is 31.0. The molecule has 2 aliphatic heterocycles. The lowest BCUT2D eigenvalue weighted by molar-refractivity contribution is -0.141. The molecule has 2 aromatic heterocycles. The first kappa shape index (κ1) is 36.7. The van der Waals surface area contributed by atoms with Gasteiger partial charge in [-0.15, -0.1) is 0 Å². The SMILES string of the molecule is CCOC(=O)N[C@H]1CCCCC/C=C\[C@H]2C[C@@]2(C(=O)NS(=O)(=O)C2CC2)NC(=O)[C@@H]2C[C@@H](Oc3c4cc(F)ccc4nc4c3oc3ccccc34)CN2C1=O. The van der Waals surface area contributed by atoms with Crippen LogP contribution in [0, 0.1) is 11.7 Å². The van der Waals surface area contributed by atoms with Crippen molar-refractivity contribution in [3.05, 3.63) is 60.4 Å². The number of alkyl carbamates (subject to hydrolysis) is 1. The Morgan fingerprint density at radius 3 is 2.71 bits per heavy atom. The van der Waals surface area contributed by atoms with Crippen molar-refractivity contribution in [2.75, 3.05) is 13.2 Å². The highest BCUT2D eigenvalue weighted by molar-refractivity contribution is 7.91. The monoisotopic (exact) mass is 775 g/mol. The van der Waals surface area contributed by atoms with Crippen LogP contribution in [0.2, 0.25) is 0 Å². The second kappa shape index (κ2) is 14.4. The Morgan fingerprint density at radius 2 is 1.91 bits per heavy atom. The van der Waals surface area contributed by atoms with Crippen LogP contribution in [0.15, 0.2) is 59.0 Å². The number of fused-ring (bicyclic) bond motifs is 6. The summed E-state index contributed by atoms with van der Waals surface area (Å²) in [7, 11) is -3.92. The number of ether oxygens (including phenoxy) is 2. The number of halogens is 1. The van der Waals surface area contributed by atoms with Crippen molar-refractivity contribution < 1.29 is 45.9 Å². The normalized spacial score (nSPS) is 26.7. The number of para-hydroxylation sites is 1. The fraction of sp³-hybridized carbons (Fsp3) is 0.462. The number of furan rings is 1. The molecule has 1 saturated heterocycles. The second-order valence-corrected chi connectivity index (χ2v) is 16.8. The summed E-state index contributed by atoms with van der Waals surface area (Å²) in [6, 6.07) is 9.16. The molecule has 3 N–H and O–H groups in total. The zero-order chi connectivity index (χ0) is 38.5. The van der Waals surface area contributed by atoms with Crippen LogP contribution in [-0.2, 0) is 29.1 Å². The smallest absolute Gasteiger partial charge is 0.407 e. The molecule has 8 rings (SSSR count). The number of rotatable bonds is 7. The lowest BCUT2D eigenvalue weighted by Gasteiger charge is -2.29. The summed E-state index contributed by atoms with van der Waals surface area (Å²) in [5.41, 5.74) is 0.185.